The predicted molar refractivity (Wildman–Crippen MR) is 94.6 cm³/mol. The van der Waals surface area contributed by atoms with Crippen LogP contribution in [0.25, 0.3) is 11.0 Å². The van der Waals surface area contributed by atoms with Crippen LogP contribution in [0.15, 0.2) is 30.5 Å². The first-order valence-electron chi connectivity index (χ1n) is 7.62. The van der Waals surface area contributed by atoms with Gasteiger partial charge in [0.1, 0.15) is 11.6 Å². The van der Waals surface area contributed by atoms with Gasteiger partial charge in [0.15, 0.2) is 5.65 Å². The maximum atomic E-state index is 10.8. The van der Waals surface area contributed by atoms with E-state index in [1.165, 1.54) is 0 Å². The topological polar surface area (TPSA) is 122 Å². The number of anilines is 2. The molecule has 0 spiro atoms. The number of benzene rings is 1. The summed E-state index contributed by atoms with van der Waals surface area (Å²) in [6, 6.07) is 6.65. The molecule has 3 aromatic rings. The molecule has 0 atom stereocenters. The lowest BCUT2D eigenvalue weighted by molar-refractivity contribution is 0.489. The van der Waals surface area contributed by atoms with Gasteiger partial charge in [-0.05, 0) is 17.7 Å². The van der Waals surface area contributed by atoms with Gasteiger partial charge in [0.05, 0.1) is 17.3 Å². The summed E-state index contributed by atoms with van der Waals surface area (Å²) in [5.74, 6) is 1.43. The highest BCUT2D eigenvalue weighted by molar-refractivity contribution is 7.87. The van der Waals surface area contributed by atoms with E-state index >= 15 is 0 Å². The number of hydrogen-bond donors (Lipinski definition) is 3. The lowest BCUT2D eigenvalue weighted by Gasteiger charge is -2.09. The Labute approximate surface area is 145 Å². The summed E-state index contributed by atoms with van der Waals surface area (Å²) in [6.45, 7) is 2.48. The molecule has 0 bridgehead atoms. The van der Waals surface area contributed by atoms with Crippen LogP contribution in [0.4, 0.5) is 11.5 Å². The Morgan fingerprint density at radius 1 is 1.20 bits per heavy atom. The molecule has 10 heteroatoms. The number of fused-ring (bicyclic) bond motifs is 1. The molecule has 0 aliphatic rings. The Morgan fingerprint density at radius 2 is 1.92 bits per heavy atom. The van der Waals surface area contributed by atoms with Crippen LogP contribution in [0.1, 0.15) is 18.3 Å². The third kappa shape index (κ3) is 4.03. The molecule has 0 amide bonds. The molecule has 0 radical (unpaired) electrons. The van der Waals surface area contributed by atoms with Gasteiger partial charge in [-0.1, -0.05) is 19.1 Å². The van der Waals surface area contributed by atoms with Crippen molar-refractivity contribution in [3.8, 4) is 0 Å². The smallest absolute Gasteiger partial charge is 0.357 e. The molecule has 0 fully saturated rings. The summed E-state index contributed by atoms with van der Waals surface area (Å²) in [6.07, 6.45) is 2.43. The van der Waals surface area contributed by atoms with Crippen LogP contribution >= 0.6 is 0 Å². The van der Waals surface area contributed by atoms with Crippen LogP contribution in [0.2, 0.25) is 0 Å². The molecule has 3 N–H and O–H groups in total. The minimum absolute atomic E-state index is 0.288. The average molecular weight is 362 g/mol. The van der Waals surface area contributed by atoms with E-state index in [0.717, 1.165) is 22.4 Å². The lowest BCUT2D eigenvalue weighted by Crippen LogP contribution is -2.10. The number of hydrogen-bond acceptors (Lipinski definition) is 6. The first kappa shape index (κ1) is 17.1. The zero-order valence-corrected chi connectivity index (χ0v) is 14.6. The standard InChI is InChI=1S/C15H18N6O3S/c1-3-13-18-14(12-9-17-21(2)15(12)19-13)16-8-10-4-6-11(7-5-10)20-25(22,23)24/h4-7,9,20H,3,8H2,1-2H3,(H,16,18,19)(H,22,23,24). The Bertz CT molecular complexity index is 998. The third-order valence-corrected chi connectivity index (χ3v) is 4.11. The van der Waals surface area contributed by atoms with Gasteiger partial charge < -0.3 is 5.32 Å². The van der Waals surface area contributed by atoms with E-state index < -0.39 is 10.3 Å². The zero-order valence-electron chi connectivity index (χ0n) is 13.8. The van der Waals surface area contributed by atoms with Gasteiger partial charge >= 0.3 is 10.3 Å². The highest BCUT2D eigenvalue weighted by Gasteiger charge is 2.11. The fourth-order valence-corrected chi connectivity index (χ4v) is 2.82. The monoisotopic (exact) mass is 362 g/mol. The maximum Gasteiger partial charge on any atom is 0.357 e. The van der Waals surface area contributed by atoms with Crippen molar-refractivity contribution in [2.24, 2.45) is 7.05 Å². The van der Waals surface area contributed by atoms with Crippen LogP contribution in [0.5, 0.6) is 0 Å². The fraction of sp³-hybridized carbons (Fsp3) is 0.267. The van der Waals surface area contributed by atoms with Crippen molar-refractivity contribution in [2.75, 3.05) is 10.0 Å². The molecule has 0 unspecified atom stereocenters. The molecule has 3 rings (SSSR count). The quantitative estimate of drug-likeness (QED) is 0.571. The van der Waals surface area contributed by atoms with Crippen LogP contribution in [-0.2, 0) is 30.3 Å². The SMILES string of the molecule is CCc1nc(NCc2ccc(NS(=O)(=O)O)cc2)c2cnn(C)c2n1. The molecular weight excluding hydrogens is 344 g/mol. The number of aromatic nitrogens is 4. The molecular formula is C15H18N6O3S. The van der Waals surface area contributed by atoms with Crippen molar-refractivity contribution >= 4 is 32.8 Å². The summed E-state index contributed by atoms with van der Waals surface area (Å²) in [5, 5.41) is 8.32. The van der Waals surface area contributed by atoms with E-state index in [2.05, 4.69) is 20.4 Å². The van der Waals surface area contributed by atoms with E-state index in [1.54, 1.807) is 35.1 Å². The van der Waals surface area contributed by atoms with Gasteiger partial charge in [-0.3, -0.25) is 14.0 Å². The highest BCUT2D eigenvalue weighted by Crippen LogP contribution is 2.21. The number of nitrogens with one attached hydrogen (secondary N) is 2. The van der Waals surface area contributed by atoms with Crippen LogP contribution in [0.3, 0.4) is 0 Å². The Hall–Kier alpha value is -2.72. The van der Waals surface area contributed by atoms with Crippen LogP contribution in [0, 0.1) is 0 Å². The van der Waals surface area contributed by atoms with Gasteiger partial charge in [-0.15, -0.1) is 0 Å². The van der Waals surface area contributed by atoms with Crippen molar-refractivity contribution in [2.45, 2.75) is 19.9 Å². The minimum atomic E-state index is -4.27. The lowest BCUT2D eigenvalue weighted by atomic mass is 10.2. The van der Waals surface area contributed by atoms with Crippen molar-refractivity contribution in [1.82, 2.24) is 19.7 Å². The average Bonchev–Trinajstić information content (AvgIpc) is 2.94. The Morgan fingerprint density at radius 3 is 2.56 bits per heavy atom. The first-order chi connectivity index (χ1) is 11.9. The Kier molecular flexibility index (Phi) is 4.55. The molecule has 0 saturated heterocycles. The number of nitrogens with zero attached hydrogens (tertiary/aromatic N) is 4. The molecule has 132 valence electrons. The van der Waals surface area contributed by atoms with E-state index in [-0.39, 0.29) is 5.69 Å². The van der Waals surface area contributed by atoms with E-state index in [9.17, 15) is 8.42 Å². The largest absolute Gasteiger partial charge is 0.365 e. The fourth-order valence-electron chi connectivity index (χ4n) is 2.39. The van der Waals surface area contributed by atoms with Crippen molar-refractivity contribution in [1.29, 1.82) is 0 Å². The van der Waals surface area contributed by atoms with Gasteiger partial charge in [0, 0.05) is 20.0 Å². The highest BCUT2D eigenvalue weighted by atomic mass is 32.2. The number of aryl methyl sites for hydroxylation is 2. The summed E-state index contributed by atoms with van der Waals surface area (Å²) in [5.41, 5.74) is 1.98. The van der Waals surface area contributed by atoms with E-state index in [4.69, 9.17) is 4.55 Å². The van der Waals surface area contributed by atoms with Crippen LogP contribution in [-0.4, -0.2) is 32.7 Å². The normalized spacial score (nSPS) is 11.6. The summed E-state index contributed by atoms with van der Waals surface area (Å²) < 4.78 is 34.1. The minimum Gasteiger partial charge on any atom is -0.365 e. The molecule has 1 aromatic carbocycles. The molecule has 2 aromatic heterocycles. The molecule has 0 aliphatic heterocycles. The van der Waals surface area contributed by atoms with Gasteiger partial charge in [0.2, 0.25) is 0 Å². The van der Waals surface area contributed by atoms with E-state index in [0.29, 0.717) is 18.8 Å². The predicted octanol–water partition coefficient (Wildman–Crippen LogP) is 1.75. The van der Waals surface area contributed by atoms with Gasteiger partial charge in [-0.2, -0.15) is 13.5 Å². The molecule has 0 aliphatic carbocycles. The Balaban J connectivity index is 1.78. The molecule has 9 nitrogen and oxygen atoms in total. The number of rotatable bonds is 6. The van der Waals surface area contributed by atoms with Crippen LogP contribution < -0.4 is 10.0 Å². The van der Waals surface area contributed by atoms with Crippen molar-refractivity contribution in [3.05, 3.63) is 41.9 Å². The molecule has 2 heterocycles. The molecule has 25 heavy (non-hydrogen) atoms. The van der Waals surface area contributed by atoms with Crippen molar-refractivity contribution in [3.63, 3.8) is 0 Å². The summed E-state index contributed by atoms with van der Waals surface area (Å²) in [4.78, 5) is 8.99. The molecule has 0 saturated carbocycles. The second kappa shape index (κ2) is 6.65. The maximum absolute atomic E-state index is 10.8. The summed E-state index contributed by atoms with van der Waals surface area (Å²) in [7, 11) is -2.43. The van der Waals surface area contributed by atoms with E-state index in [1.807, 2.05) is 18.7 Å². The second-order valence-electron chi connectivity index (χ2n) is 5.48. The first-order valence-corrected chi connectivity index (χ1v) is 9.06. The van der Waals surface area contributed by atoms with Crippen molar-refractivity contribution < 1.29 is 13.0 Å². The second-order valence-corrected chi connectivity index (χ2v) is 6.63. The van der Waals surface area contributed by atoms with Gasteiger partial charge in [0.25, 0.3) is 0 Å². The van der Waals surface area contributed by atoms with Gasteiger partial charge in [-0.25, -0.2) is 9.97 Å². The summed E-state index contributed by atoms with van der Waals surface area (Å²) >= 11 is 0. The zero-order chi connectivity index (χ0) is 18.0. The third-order valence-electron chi connectivity index (χ3n) is 3.62.